The van der Waals surface area contributed by atoms with Crippen LogP contribution in [0.25, 0.3) is 0 Å². The van der Waals surface area contributed by atoms with Crippen LogP contribution in [0.15, 0.2) is 47.9 Å². The van der Waals surface area contributed by atoms with Crippen LogP contribution >= 0.6 is 11.3 Å². The van der Waals surface area contributed by atoms with Gasteiger partial charge in [0.15, 0.2) is 5.69 Å². The van der Waals surface area contributed by atoms with Crippen molar-refractivity contribution in [3.63, 3.8) is 0 Å². The molecular formula is C25H31NO5S. The molecule has 6 nitrogen and oxygen atoms in total. The summed E-state index contributed by atoms with van der Waals surface area (Å²) in [6.45, 7) is 3.03. The Bertz CT molecular complexity index is 899. The number of rotatable bonds is 8. The van der Waals surface area contributed by atoms with Gasteiger partial charge in [-0.3, -0.25) is 0 Å². The van der Waals surface area contributed by atoms with Gasteiger partial charge in [0.1, 0.15) is 18.5 Å². The van der Waals surface area contributed by atoms with Crippen molar-refractivity contribution in [2.45, 2.75) is 50.7 Å². The van der Waals surface area contributed by atoms with Gasteiger partial charge in [-0.15, -0.1) is 11.3 Å². The number of esters is 1. The number of ether oxygens (including phenoxy) is 3. The molecule has 1 saturated heterocycles. The maximum absolute atomic E-state index is 11.9. The van der Waals surface area contributed by atoms with Crippen LogP contribution in [0.4, 0.5) is 0 Å². The lowest BCUT2D eigenvalue weighted by Gasteiger charge is -2.20. The number of aliphatic hydroxyl groups excluding tert-OH is 1. The average molecular weight is 458 g/mol. The lowest BCUT2D eigenvalue weighted by Crippen LogP contribution is -2.20. The molecule has 2 aromatic rings. The fraction of sp³-hybridized carbons (Fsp3) is 0.520. The smallest absolute Gasteiger partial charge is 0.357 e. The van der Waals surface area contributed by atoms with Gasteiger partial charge in [-0.2, -0.15) is 0 Å². The van der Waals surface area contributed by atoms with E-state index < -0.39 is 6.10 Å². The first-order valence-corrected chi connectivity index (χ1v) is 12.3. The number of hydrogen-bond donors (Lipinski definition) is 1. The van der Waals surface area contributed by atoms with Crippen molar-refractivity contribution in [2.24, 2.45) is 11.8 Å². The summed E-state index contributed by atoms with van der Waals surface area (Å²) in [4.78, 5) is 16.4. The van der Waals surface area contributed by atoms with E-state index >= 15 is 0 Å². The maximum atomic E-state index is 11.9. The van der Waals surface area contributed by atoms with Gasteiger partial charge >= 0.3 is 5.97 Å². The van der Waals surface area contributed by atoms with E-state index in [9.17, 15) is 9.90 Å². The van der Waals surface area contributed by atoms with Gasteiger partial charge in [-0.05, 0) is 56.6 Å². The number of thiazole rings is 1. The number of carbonyl (C=O) groups is 1. The van der Waals surface area contributed by atoms with Crippen molar-refractivity contribution in [1.82, 2.24) is 4.98 Å². The van der Waals surface area contributed by atoms with Crippen molar-refractivity contribution in [3.8, 4) is 5.75 Å². The van der Waals surface area contributed by atoms with E-state index in [1.54, 1.807) is 12.3 Å². The van der Waals surface area contributed by atoms with Crippen LogP contribution in [0.2, 0.25) is 0 Å². The summed E-state index contributed by atoms with van der Waals surface area (Å²) in [5.74, 6) is 1.46. The number of carbonyl (C=O) groups excluding carboxylic acids is 1. The molecule has 1 aliphatic heterocycles. The Kier molecular flexibility index (Phi) is 7.95. The maximum Gasteiger partial charge on any atom is 0.357 e. The molecule has 1 aromatic carbocycles. The first kappa shape index (κ1) is 23.0. The molecule has 7 heteroatoms. The molecule has 0 amide bonds. The van der Waals surface area contributed by atoms with Crippen molar-refractivity contribution >= 4 is 17.3 Å². The highest BCUT2D eigenvalue weighted by Gasteiger charge is 2.38. The van der Waals surface area contributed by atoms with Crippen LogP contribution in [0.5, 0.6) is 5.75 Å². The molecule has 1 saturated carbocycles. The molecule has 0 bridgehead atoms. The van der Waals surface area contributed by atoms with Crippen molar-refractivity contribution < 1.29 is 24.1 Å². The van der Waals surface area contributed by atoms with Crippen molar-refractivity contribution in [3.05, 3.63) is 58.6 Å². The first-order chi connectivity index (χ1) is 15.6. The van der Waals surface area contributed by atoms with E-state index in [2.05, 4.69) is 11.1 Å². The Morgan fingerprint density at radius 3 is 2.94 bits per heavy atom. The minimum absolute atomic E-state index is 0.211. The fourth-order valence-corrected chi connectivity index (χ4v) is 5.53. The molecule has 32 heavy (non-hydrogen) atoms. The normalized spacial score (nSPS) is 26.4. The summed E-state index contributed by atoms with van der Waals surface area (Å²) in [7, 11) is 0. The minimum atomic E-state index is -0.634. The highest BCUT2D eigenvalue weighted by atomic mass is 32.1. The Hall–Kier alpha value is -2.22. The standard InChI is InChI=1S/C25H31NO5S/c1-2-29-25(28)22-16-32-24(26-22)18-9-12-21-17(10-13-23(21)31-14-18)8-11-19(27)15-30-20-6-4-3-5-7-20/h3-8,11,16-19,21,23,27H,2,9-10,12-15H2,1H3/b11-8+/t17-,18-,19+,21+,23-/m0/s1. The van der Waals surface area contributed by atoms with Crippen LogP contribution in [0, 0.1) is 11.8 Å². The summed E-state index contributed by atoms with van der Waals surface area (Å²) in [6.07, 6.45) is 7.78. The molecule has 1 aromatic heterocycles. The number of aliphatic hydroxyl groups is 1. The summed E-state index contributed by atoms with van der Waals surface area (Å²) in [5.41, 5.74) is 0.392. The molecule has 4 rings (SSSR count). The molecule has 1 aliphatic carbocycles. The van der Waals surface area contributed by atoms with Crippen molar-refractivity contribution in [1.29, 1.82) is 0 Å². The number of fused-ring (bicyclic) bond motifs is 1. The summed E-state index contributed by atoms with van der Waals surface area (Å²) in [6, 6.07) is 9.54. The predicted octanol–water partition coefficient (Wildman–Crippen LogP) is 4.60. The lowest BCUT2D eigenvalue weighted by atomic mass is 9.88. The van der Waals surface area contributed by atoms with E-state index in [-0.39, 0.29) is 24.6 Å². The molecule has 1 N–H and O–H groups in total. The molecule has 0 radical (unpaired) electrons. The molecule has 5 atom stereocenters. The van der Waals surface area contributed by atoms with Crippen LogP contribution in [-0.2, 0) is 9.47 Å². The number of para-hydroxylation sites is 1. The average Bonchev–Trinajstić information content (AvgIpc) is 3.40. The van der Waals surface area contributed by atoms with Crippen molar-refractivity contribution in [2.75, 3.05) is 19.8 Å². The highest BCUT2D eigenvalue weighted by Crippen LogP contribution is 2.43. The van der Waals surface area contributed by atoms with Crippen LogP contribution in [0.1, 0.15) is 54.0 Å². The summed E-state index contributed by atoms with van der Waals surface area (Å²) >= 11 is 1.51. The summed E-state index contributed by atoms with van der Waals surface area (Å²) < 4.78 is 17.0. The third-order valence-electron chi connectivity index (χ3n) is 6.27. The van der Waals surface area contributed by atoms with Gasteiger partial charge in [0.2, 0.25) is 0 Å². The second-order valence-corrected chi connectivity index (χ2v) is 9.31. The van der Waals surface area contributed by atoms with Crippen LogP contribution < -0.4 is 4.74 Å². The third-order valence-corrected chi connectivity index (χ3v) is 7.28. The molecule has 0 spiro atoms. The number of allylic oxidation sites excluding steroid dienone is 1. The van der Waals surface area contributed by atoms with Gasteiger partial charge in [-0.1, -0.05) is 30.4 Å². The molecular weight excluding hydrogens is 426 g/mol. The number of hydrogen-bond acceptors (Lipinski definition) is 7. The second-order valence-electron chi connectivity index (χ2n) is 8.42. The molecule has 172 valence electrons. The zero-order chi connectivity index (χ0) is 22.3. The lowest BCUT2D eigenvalue weighted by molar-refractivity contribution is 0.0318. The van der Waals surface area contributed by atoms with E-state index in [1.165, 1.54) is 11.3 Å². The molecule has 2 heterocycles. The first-order valence-electron chi connectivity index (χ1n) is 11.4. The van der Waals surface area contributed by atoms with E-state index in [0.717, 1.165) is 36.4 Å². The zero-order valence-corrected chi connectivity index (χ0v) is 19.2. The van der Waals surface area contributed by atoms with Crippen LogP contribution in [-0.4, -0.2) is 48.1 Å². The second kappa shape index (κ2) is 11.1. The van der Waals surface area contributed by atoms with Crippen LogP contribution in [0.3, 0.4) is 0 Å². The Balaban J connectivity index is 1.30. The van der Waals surface area contributed by atoms with Gasteiger partial charge in [0.25, 0.3) is 0 Å². The van der Waals surface area contributed by atoms with E-state index in [0.29, 0.717) is 30.7 Å². The zero-order valence-electron chi connectivity index (χ0n) is 18.4. The minimum Gasteiger partial charge on any atom is -0.491 e. The fourth-order valence-electron chi connectivity index (χ4n) is 4.62. The topological polar surface area (TPSA) is 77.9 Å². The van der Waals surface area contributed by atoms with Gasteiger partial charge in [-0.25, -0.2) is 9.78 Å². The van der Waals surface area contributed by atoms with Gasteiger partial charge in [0.05, 0.1) is 24.3 Å². The number of aromatic nitrogens is 1. The number of nitrogens with zero attached hydrogens (tertiary/aromatic N) is 1. The van der Waals surface area contributed by atoms with Gasteiger partial charge in [0, 0.05) is 11.3 Å². The van der Waals surface area contributed by atoms with E-state index in [4.69, 9.17) is 14.2 Å². The SMILES string of the molecule is CCOC(=O)c1csc([C@H]2CC[C@H]3[C@H](CC[C@@H]3/C=C/[C@@H](O)COc3ccccc3)OC2)n1. The number of benzene rings is 1. The summed E-state index contributed by atoms with van der Waals surface area (Å²) in [5, 5.41) is 13.0. The quantitative estimate of drug-likeness (QED) is 0.461. The van der Waals surface area contributed by atoms with Gasteiger partial charge < -0.3 is 19.3 Å². The predicted molar refractivity (Wildman–Crippen MR) is 123 cm³/mol. The molecule has 2 aliphatic rings. The molecule has 2 fully saturated rings. The Morgan fingerprint density at radius 2 is 2.12 bits per heavy atom. The third kappa shape index (κ3) is 5.77. The highest BCUT2D eigenvalue weighted by molar-refractivity contribution is 7.09. The monoisotopic (exact) mass is 457 g/mol. The largest absolute Gasteiger partial charge is 0.491 e. The molecule has 0 unspecified atom stereocenters. The Labute approximate surface area is 193 Å². The Morgan fingerprint density at radius 1 is 1.28 bits per heavy atom. The van der Waals surface area contributed by atoms with E-state index in [1.807, 2.05) is 36.4 Å².